The quantitative estimate of drug-likeness (QED) is 0.810. The number of imidazole rings is 1. The van der Waals surface area contributed by atoms with Crippen molar-refractivity contribution in [3.05, 3.63) is 46.2 Å². The number of aromatic nitrogens is 3. The van der Waals surface area contributed by atoms with Crippen LogP contribution in [0, 0.1) is 0 Å². The summed E-state index contributed by atoms with van der Waals surface area (Å²) in [6.45, 7) is 1.46. The molecule has 0 aromatic carbocycles. The van der Waals surface area contributed by atoms with Crippen LogP contribution in [0.2, 0.25) is 10.3 Å². The summed E-state index contributed by atoms with van der Waals surface area (Å²) in [4.78, 5) is 10.4. The van der Waals surface area contributed by atoms with Gasteiger partial charge in [-0.2, -0.15) is 0 Å². The molecule has 0 spiro atoms. The Morgan fingerprint density at radius 3 is 2.67 bits per heavy atom. The second kappa shape index (κ2) is 5.69. The average Bonchev–Trinajstić information content (AvgIpc) is 2.69. The normalized spacial score (nSPS) is 11.2. The van der Waals surface area contributed by atoms with Gasteiger partial charge >= 0.3 is 0 Å². The van der Waals surface area contributed by atoms with Crippen molar-refractivity contribution in [1.29, 1.82) is 0 Å². The molecule has 0 saturated heterocycles. The molecule has 0 aliphatic carbocycles. The van der Waals surface area contributed by atoms with Gasteiger partial charge in [-0.25, -0.2) is 9.97 Å². The van der Waals surface area contributed by atoms with Crippen molar-refractivity contribution in [2.75, 3.05) is 7.05 Å². The predicted molar refractivity (Wildman–Crippen MR) is 72.6 cm³/mol. The third kappa shape index (κ3) is 3.22. The maximum absolute atomic E-state index is 6.04. The fourth-order valence-corrected chi connectivity index (χ4v) is 2.10. The van der Waals surface area contributed by atoms with Gasteiger partial charge in [0, 0.05) is 31.5 Å². The Kier molecular flexibility index (Phi) is 4.22. The molecule has 0 unspecified atom stereocenters. The molecule has 2 aromatic heterocycles. The van der Waals surface area contributed by atoms with Crippen molar-refractivity contribution in [3.8, 4) is 0 Å². The number of aryl methyl sites for hydroxylation is 1. The van der Waals surface area contributed by atoms with E-state index < -0.39 is 0 Å². The summed E-state index contributed by atoms with van der Waals surface area (Å²) in [6.07, 6.45) is 3.72. The summed E-state index contributed by atoms with van der Waals surface area (Å²) in [5.41, 5.74) is 0.956. The molecule has 0 bridgehead atoms. The summed E-state index contributed by atoms with van der Waals surface area (Å²) >= 11 is 11.8. The lowest BCUT2D eigenvalue weighted by molar-refractivity contribution is 0.307. The molecule has 96 valence electrons. The van der Waals surface area contributed by atoms with Gasteiger partial charge < -0.3 is 4.57 Å². The molecule has 0 aliphatic rings. The molecule has 2 aromatic rings. The monoisotopic (exact) mass is 284 g/mol. The highest BCUT2D eigenvalue weighted by molar-refractivity contribution is 6.32. The molecule has 0 saturated carbocycles. The van der Waals surface area contributed by atoms with E-state index in [1.165, 1.54) is 0 Å². The molecular weight excluding hydrogens is 271 g/mol. The van der Waals surface area contributed by atoms with Gasteiger partial charge in [-0.1, -0.05) is 29.3 Å². The molecule has 0 amide bonds. The average molecular weight is 285 g/mol. The van der Waals surface area contributed by atoms with E-state index in [9.17, 15) is 0 Å². The Labute approximate surface area is 116 Å². The van der Waals surface area contributed by atoms with E-state index >= 15 is 0 Å². The van der Waals surface area contributed by atoms with Gasteiger partial charge in [-0.3, -0.25) is 4.90 Å². The fourth-order valence-electron chi connectivity index (χ4n) is 1.70. The minimum atomic E-state index is 0.413. The topological polar surface area (TPSA) is 34.0 Å². The zero-order valence-electron chi connectivity index (χ0n) is 10.3. The Balaban J connectivity index is 2.03. The maximum Gasteiger partial charge on any atom is 0.135 e. The van der Waals surface area contributed by atoms with Gasteiger partial charge in [0.1, 0.15) is 16.1 Å². The summed E-state index contributed by atoms with van der Waals surface area (Å²) < 4.78 is 2.00. The first-order valence-corrected chi connectivity index (χ1v) is 6.27. The van der Waals surface area contributed by atoms with Gasteiger partial charge in [-0.05, 0) is 13.1 Å². The van der Waals surface area contributed by atoms with E-state index in [0.717, 1.165) is 17.9 Å². The largest absolute Gasteiger partial charge is 0.337 e. The standard InChI is InChI=1S/C12H14Cl2N4/c1-17(8-11-15-5-6-18(11)2)7-9-3-4-10(13)16-12(9)14/h3-6H,7-8H2,1-2H3. The van der Waals surface area contributed by atoms with Crippen LogP contribution in [0.25, 0.3) is 0 Å². The lowest BCUT2D eigenvalue weighted by Crippen LogP contribution is -2.19. The summed E-state index contributed by atoms with van der Waals surface area (Å²) in [7, 11) is 3.99. The van der Waals surface area contributed by atoms with E-state index in [-0.39, 0.29) is 0 Å². The first kappa shape index (κ1) is 13.3. The Hall–Kier alpha value is -1.10. The van der Waals surface area contributed by atoms with Crippen LogP contribution >= 0.6 is 23.2 Å². The highest BCUT2D eigenvalue weighted by Gasteiger charge is 2.08. The van der Waals surface area contributed by atoms with E-state index in [1.54, 1.807) is 12.3 Å². The third-order valence-electron chi connectivity index (χ3n) is 2.66. The summed E-state index contributed by atoms with van der Waals surface area (Å²) in [6, 6.07) is 3.64. The predicted octanol–water partition coefficient (Wildman–Crippen LogP) is 2.75. The molecule has 0 atom stereocenters. The Morgan fingerprint density at radius 1 is 1.28 bits per heavy atom. The highest BCUT2D eigenvalue weighted by atomic mass is 35.5. The van der Waals surface area contributed by atoms with Crippen LogP contribution < -0.4 is 0 Å². The van der Waals surface area contributed by atoms with E-state index in [1.807, 2.05) is 30.9 Å². The minimum absolute atomic E-state index is 0.413. The number of halogens is 2. The van der Waals surface area contributed by atoms with Gasteiger partial charge in [-0.15, -0.1) is 0 Å². The van der Waals surface area contributed by atoms with Gasteiger partial charge in [0.05, 0.1) is 6.54 Å². The van der Waals surface area contributed by atoms with Crippen LogP contribution in [0.1, 0.15) is 11.4 Å². The smallest absolute Gasteiger partial charge is 0.135 e. The molecule has 6 heteroatoms. The van der Waals surface area contributed by atoms with Gasteiger partial charge in [0.25, 0.3) is 0 Å². The second-order valence-corrected chi connectivity index (χ2v) is 4.96. The van der Waals surface area contributed by atoms with Crippen molar-refractivity contribution in [2.24, 2.45) is 7.05 Å². The van der Waals surface area contributed by atoms with Crippen molar-refractivity contribution in [2.45, 2.75) is 13.1 Å². The van der Waals surface area contributed by atoms with Crippen LogP contribution in [0.15, 0.2) is 24.5 Å². The second-order valence-electron chi connectivity index (χ2n) is 4.21. The number of hydrogen-bond acceptors (Lipinski definition) is 3. The zero-order chi connectivity index (χ0) is 13.1. The van der Waals surface area contributed by atoms with Gasteiger partial charge in [0.2, 0.25) is 0 Å². The molecule has 0 N–H and O–H groups in total. The van der Waals surface area contributed by atoms with E-state index in [2.05, 4.69) is 14.9 Å². The lowest BCUT2D eigenvalue weighted by Gasteiger charge is -2.16. The van der Waals surface area contributed by atoms with Crippen LogP contribution in [-0.2, 0) is 20.1 Å². The number of rotatable bonds is 4. The van der Waals surface area contributed by atoms with Gasteiger partial charge in [0.15, 0.2) is 0 Å². The molecule has 0 aliphatic heterocycles. The highest BCUT2D eigenvalue weighted by Crippen LogP contribution is 2.18. The number of pyridine rings is 1. The molecular formula is C12H14Cl2N4. The number of nitrogens with zero attached hydrogens (tertiary/aromatic N) is 4. The minimum Gasteiger partial charge on any atom is -0.337 e. The van der Waals surface area contributed by atoms with Crippen LogP contribution in [0.3, 0.4) is 0 Å². The molecule has 0 fully saturated rings. The van der Waals surface area contributed by atoms with Crippen molar-refractivity contribution in [3.63, 3.8) is 0 Å². The molecule has 4 nitrogen and oxygen atoms in total. The van der Waals surface area contributed by atoms with Crippen LogP contribution in [0.4, 0.5) is 0 Å². The summed E-state index contributed by atoms with van der Waals surface area (Å²) in [5.74, 6) is 1.01. The Bertz CT molecular complexity index is 539. The molecule has 18 heavy (non-hydrogen) atoms. The summed E-state index contributed by atoms with van der Waals surface area (Å²) in [5, 5.41) is 0.865. The SMILES string of the molecule is CN(Cc1ccc(Cl)nc1Cl)Cc1nccn1C. The first-order valence-electron chi connectivity index (χ1n) is 5.52. The van der Waals surface area contributed by atoms with Crippen molar-refractivity contribution < 1.29 is 0 Å². The molecule has 0 radical (unpaired) electrons. The Morgan fingerprint density at radius 2 is 2.06 bits per heavy atom. The molecule has 2 rings (SSSR count). The lowest BCUT2D eigenvalue weighted by atomic mass is 10.2. The maximum atomic E-state index is 6.04. The van der Waals surface area contributed by atoms with Crippen molar-refractivity contribution >= 4 is 23.2 Å². The number of hydrogen-bond donors (Lipinski definition) is 0. The van der Waals surface area contributed by atoms with E-state index in [0.29, 0.717) is 16.9 Å². The zero-order valence-corrected chi connectivity index (χ0v) is 11.8. The third-order valence-corrected chi connectivity index (χ3v) is 3.20. The first-order chi connectivity index (χ1) is 8.56. The fraction of sp³-hybridized carbons (Fsp3) is 0.333. The molecule has 2 heterocycles. The van der Waals surface area contributed by atoms with Crippen LogP contribution in [0.5, 0.6) is 0 Å². The van der Waals surface area contributed by atoms with E-state index in [4.69, 9.17) is 23.2 Å². The van der Waals surface area contributed by atoms with Crippen molar-refractivity contribution in [1.82, 2.24) is 19.4 Å². The van der Waals surface area contributed by atoms with Crippen LogP contribution in [-0.4, -0.2) is 26.5 Å².